The predicted molar refractivity (Wildman–Crippen MR) is 113 cm³/mol. The number of aromatic nitrogens is 2. The number of aryl methyl sites for hydroxylation is 2. The molecule has 0 spiro atoms. The minimum atomic E-state index is -0.304. The van der Waals surface area contributed by atoms with Gasteiger partial charge in [-0.15, -0.1) is 0 Å². The Hall–Kier alpha value is -3.41. The van der Waals surface area contributed by atoms with E-state index in [0.717, 1.165) is 28.0 Å². The largest absolute Gasteiger partial charge is 0.497 e. The summed E-state index contributed by atoms with van der Waals surface area (Å²) in [7, 11) is 1.62. The van der Waals surface area contributed by atoms with Crippen LogP contribution in [0.1, 0.15) is 16.7 Å². The van der Waals surface area contributed by atoms with Crippen molar-refractivity contribution in [2.45, 2.75) is 26.8 Å². The van der Waals surface area contributed by atoms with Gasteiger partial charge < -0.3 is 10.1 Å². The highest BCUT2D eigenvalue weighted by molar-refractivity contribution is 5.75. The van der Waals surface area contributed by atoms with Crippen molar-refractivity contribution < 1.29 is 9.53 Å². The van der Waals surface area contributed by atoms with Crippen LogP contribution in [0.3, 0.4) is 0 Å². The molecule has 0 aliphatic carbocycles. The third-order valence-electron chi connectivity index (χ3n) is 4.70. The molecular formula is C23H25N3O3. The number of hydrogen-bond donors (Lipinski definition) is 1. The first-order valence-corrected chi connectivity index (χ1v) is 9.51. The minimum Gasteiger partial charge on any atom is -0.497 e. The van der Waals surface area contributed by atoms with Crippen LogP contribution < -0.4 is 15.6 Å². The number of benzene rings is 2. The molecule has 6 nitrogen and oxygen atoms in total. The van der Waals surface area contributed by atoms with E-state index in [1.165, 1.54) is 10.7 Å². The molecule has 1 N–H and O–H groups in total. The third kappa shape index (κ3) is 5.31. The van der Waals surface area contributed by atoms with Gasteiger partial charge in [0.25, 0.3) is 5.56 Å². The Bertz CT molecular complexity index is 1070. The van der Waals surface area contributed by atoms with Crippen molar-refractivity contribution in [3.63, 3.8) is 0 Å². The van der Waals surface area contributed by atoms with Crippen LogP contribution in [0.5, 0.6) is 5.75 Å². The smallest absolute Gasteiger partial charge is 0.267 e. The number of nitrogens with zero attached hydrogens (tertiary/aromatic N) is 2. The van der Waals surface area contributed by atoms with Crippen molar-refractivity contribution in [1.82, 2.24) is 15.1 Å². The van der Waals surface area contributed by atoms with Gasteiger partial charge in [0, 0.05) is 18.2 Å². The van der Waals surface area contributed by atoms with Gasteiger partial charge in [-0.25, -0.2) is 4.68 Å². The van der Waals surface area contributed by atoms with Crippen molar-refractivity contribution in [1.29, 1.82) is 0 Å². The van der Waals surface area contributed by atoms with Crippen LogP contribution in [0, 0.1) is 13.8 Å². The second-order valence-corrected chi connectivity index (χ2v) is 6.98. The fourth-order valence-electron chi connectivity index (χ4n) is 3.08. The van der Waals surface area contributed by atoms with Crippen LogP contribution in [0.25, 0.3) is 11.3 Å². The molecule has 3 aromatic rings. The maximum absolute atomic E-state index is 12.3. The number of hydrogen-bond acceptors (Lipinski definition) is 4. The van der Waals surface area contributed by atoms with Crippen molar-refractivity contribution in [3.05, 3.63) is 81.6 Å². The van der Waals surface area contributed by atoms with E-state index in [2.05, 4.69) is 10.4 Å². The van der Waals surface area contributed by atoms with E-state index in [9.17, 15) is 9.59 Å². The van der Waals surface area contributed by atoms with Gasteiger partial charge in [0.05, 0.1) is 12.8 Å². The average molecular weight is 391 g/mol. The molecule has 0 atom stereocenters. The van der Waals surface area contributed by atoms with Gasteiger partial charge >= 0.3 is 0 Å². The van der Waals surface area contributed by atoms with Crippen LogP contribution in [-0.2, 0) is 17.8 Å². The van der Waals surface area contributed by atoms with E-state index in [1.807, 2.05) is 56.3 Å². The Balaban J connectivity index is 1.65. The van der Waals surface area contributed by atoms with Crippen LogP contribution in [0.15, 0.2) is 59.4 Å². The molecule has 1 aromatic heterocycles. The maximum atomic E-state index is 12.3. The highest BCUT2D eigenvalue weighted by atomic mass is 16.5. The van der Waals surface area contributed by atoms with Crippen LogP contribution in [0.2, 0.25) is 0 Å². The molecule has 0 bridgehead atoms. The number of nitrogens with one attached hydrogen (secondary N) is 1. The summed E-state index contributed by atoms with van der Waals surface area (Å²) in [5.41, 5.74) is 4.57. The molecular weight excluding hydrogens is 366 g/mol. The topological polar surface area (TPSA) is 73.2 Å². The van der Waals surface area contributed by atoms with Gasteiger partial charge in [0.15, 0.2) is 0 Å². The van der Waals surface area contributed by atoms with Gasteiger partial charge in [-0.05, 0) is 55.7 Å². The molecule has 0 radical (unpaired) electrons. The lowest BCUT2D eigenvalue weighted by Gasteiger charge is -2.10. The van der Waals surface area contributed by atoms with E-state index in [0.29, 0.717) is 18.7 Å². The summed E-state index contributed by atoms with van der Waals surface area (Å²) < 4.78 is 6.41. The van der Waals surface area contributed by atoms with Gasteiger partial charge in [0.2, 0.25) is 5.91 Å². The fraction of sp³-hybridized carbons (Fsp3) is 0.261. The van der Waals surface area contributed by atoms with Gasteiger partial charge in [-0.1, -0.05) is 29.8 Å². The first-order valence-electron chi connectivity index (χ1n) is 9.51. The monoisotopic (exact) mass is 391 g/mol. The molecule has 0 fully saturated rings. The van der Waals surface area contributed by atoms with Crippen LogP contribution in [0.4, 0.5) is 0 Å². The maximum Gasteiger partial charge on any atom is 0.267 e. The number of carbonyl (C=O) groups is 1. The summed E-state index contributed by atoms with van der Waals surface area (Å²) in [4.78, 5) is 24.5. The van der Waals surface area contributed by atoms with Gasteiger partial charge in [-0.2, -0.15) is 5.10 Å². The summed E-state index contributed by atoms with van der Waals surface area (Å²) in [6.45, 7) is 4.36. The number of methoxy groups -OCH3 is 1. The van der Waals surface area contributed by atoms with E-state index in [1.54, 1.807) is 13.2 Å². The molecule has 3 rings (SSSR count). The second kappa shape index (κ2) is 9.19. The normalized spacial score (nSPS) is 10.6. The van der Waals surface area contributed by atoms with E-state index < -0.39 is 0 Å². The minimum absolute atomic E-state index is 0.115. The number of ether oxygens (including phenoxy) is 1. The zero-order chi connectivity index (χ0) is 20.8. The van der Waals surface area contributed by atoms with Crippen molar-refractivity contribution in [3.8, 4) is 17.0 Å². The van der Waals surface area contributed by atoms with Crippen molar-refractivity contribution in [2.24, 2.45) is 0 Å². The highest BCUT2D eigenvalue weighted by Crippen LogP contribution is 2.21. The Morgan fingerprint density at radius 2 is 1.93 bits per heavy atom. The summed E-state index contributed by atoms with van der Waals surface area (Å²) >= 11 is 0. The molecule has 1 heterocycles. The fourth-order valence-corrected chi connectivity index (χ4v) is 3.08. The molecule has 0 saturated carbocycles. The number of carbonyl (C=O) groups excluding carboxylic acids is 1. The summed E-state index contributed by atoms with van der Waals surface area (Å²) in [5.74, 6) is 0.536. The number of rotatable bonds is 7. The quantitative estimate of drug-likeness (QED) is 0.672. The Morgan fingerprint density at radius 3 is 2.72 bits per heavy atom. The zero-order valence-electron chi connectivity index (χ0n) is 16.9. The summed E-state index contributed by atoms with van der Waals surface area (Å²) in [6.07, 6.45) is 0.674. The molecule has 2 aromatic carbocycles. The summed E-state index contributed by atoms with van der Waals surface area (Å²) in [5, 5.41) is 7.24. The van der Waals surface area contributed by atoms with Crippen LogP contribution in [-0.4, -0.2) is 29.3 Å². The Labute approximate surface area is 170 Å². The molecule has 29 heavy (non-hydrogen) atoms. The van der Waals surface area contributed by atoms with Gasteiger partial charge in [0.1, 0.15) is 12.3 Å². The first kappa shape index (κ1) is 20.3. The van der Waals surface area contributed by atoms with Crippen LogP contribution >= 0.6 is 0 Å². The lowest BCUT2D eigenvalue weighted by atomic mass is 10.0. The zero-order valence-corrected chi connectivity index (χ0v) is 16.9. The van der Waals surface area contributed by atoms with E-state index in [-0.39, 0.29) is 18.0 Å². The molecule has 6 heteroatoms. The average Bonchev–Trinajstić information content (AvgIpc) is 2.71. The predicted octanol–water partition coefficient (Wildman–Crippen LogP) is 2.89. The Kier molecular flexibility index (Phi) is 6.44. The molecule has 0 aliphatic rings. The molecule has 0 saturated heterocycles. The lowest BCUT2D eigenvalue weighted by Crippen LogP contribution is -2.34. The van der Waals surface area contributed by atoms with Gasteiger partial charge in [-0.3, -0.25) is 9.59 Å². The third-order valence-corrected chi connectivity index (χ3v) is 4.70. The molecule has 0 aliphatic heterocycles. The second-order valence-electron chi connectivity index (χ2n) is 6.98. The molecule has 150 valence electrons. The van der Waals surface area contributed by atoms with E-state index >= 15 is 0 Å². The molecule has 0 unspecified atom stereocenters. The van der Waals surface area contributed by atoms with Crippen molar-refractivity contribution in [2.75, 3.05) is 13.7 Å². The lowest BCUT2D eigenvalue weighted by molar-refractivity contribution is -0.121. The standard InChI is InChI=1S/C23H25N3O3/c1-16-7-8-17(2)20(13-16)21-9-10-23(28)26(25-21)15-22(27)24-12-11-18-5-4-6-19(14-18)29-3/h4-10,13-14H,11-12,15H2,1-3H3,(H,24,27). The highest BCUT2D eigenvalue weighted by Gasteiger charge is 2.10. The Morgan fingerprint density at radius 1 is 1.10 bits per heavy atom. The van der Waals surface area contributed by atoms with E-state index in [4.69, 9.17) is 4.74 Å². The molecule has 1 amide bonds. The number of amides is 1. The summed E-state index contributed by atoms with van der Waals surface area (Å²) in [6, 6.07) is 16.9. The first-order chi connectivity index (χ1) is 14.0. The van der Waals surface area contributed by atoms with Crippen molar-refractivity contribution >= 4 is 5.91 Å². The SMILES string of the molecule is COc1cccc(CCNC(=O)Cn2nc(-c3cc(C)ccc3C)ccc2=O)c1.